The molecule has 54 valence electrons. The van der Waals surface area contributed by atoms with Crippen molar-refractivity contribution >= 4 is 17.0 Å². The van der Waals surface area contributed by atoms with Crippen molar-refractivity contribution in [2.24, 2.45) is 0 Å². The summed E-state index contributed by atoms with van der Waals surface area (Å²) in [5, 5.41) is -0.372. The number of halogens is 1. The molecule has 0 aliphatic rings. The molecule has 0 radical (unpaired) electrons. The third-order valence-corrected chi connectivity index (χ3v) is 1.44. The molecule has 0 atom stereocenters. The van der Waals surface area contributed by atoms with Crippen LogP contribution in [0.3, 0.4) is 0 Å². The molecule has 2 nitrogen and oxygen atoms in total. The van der Waals surface area contributed by atoms with Crippen LogP contribution in [-0.4, -0.2) is 23.9 Å². The van der Waals surface area contributed by atoms with Crippen LogP contribution >= 0.6 is 11.6 Å². The van der Waals surface area contributed by atoms with E-state index in [4.69, 9.17) is 11.6 Å². The molecule has 0 heterocycles. The number of hydrogen-bond donors (Lipinski definition) is 0. The van der Waals surface area contributed by atoms with Crippen LogP contribution in [0.4, 0.5) is 4.79 Å². The van der Waals surface area contributed by atoms with Crippen LogP contribution in [0.5, 0.6) is 0 Å². The number of nitrogens with zero attached hydrogens (tertiary/aromatic N) is 1. The van der Waals surface area contributed by atoms with Crippen LogP contribution in [0.15, 0.2) is 0 Å². The van der Waals surface area contributed by atoms with E-state index >= 15 is 0 Å². The maximum atomic E-state index is 10.3. The van der Waals surface area contributed by atoms with E-state index in [2.05, 4.69) is 6.92 Å². The second-order valence-electron chi connectivity index (χ2n) is 2.03. The molecule has 0 aromatic rings. The number of hydrogen-bond acceptors (Lipinski definition) is 1. The van der Waals surface area contributed by atoms with Crippen molar-refractivity contribution in [3.63, 3.8) is 0 Å². The summed E-state index contributed by atoms with van der Waals surface area (Å²) >= 11 is 5.15. The summed E-state index contributed by atoms with van der Waals surface area (Å²) in [6.07, 6.45) is 2.11. The highest BCUT2D eigenvalue weighted by molar-refractivity contribution is 6.62. The van der Waals surface area contributed by atoms with Crippen LogP contribution in [0, 0.1) is 0 Å². The van der Waals surface area contributed by atoms with E-state index < -0.39 is 0 Å². The van der Waals surface area contributed by atoms with Gasteiger partial charge in [0.05, 0.1) is 0 Å². The van der Waals surface area contributed by atoms with Gasteiger partial charge in [-0.15, -0.1) is 0 Å². The zero-order valence-corrected chi connectivity index (χ0v) is 6.61. The molecule has 0 aromatic heterocycles. The molecule has 0 unspecified atom stereocenters. The van der Waals surface area contributed by atoms with Gasteiger partial charge in [0.2, 0.25) is 0 Å². The van der Waals surface area contributed by atoms with Gasteiger partial charge in [0.1, 0.15) is 0 Å². The van der Waals surface area contributed by atoms with Crippen molar-refractivity contribution in [3.05, 3.63) is 0 Å². The Morgan fingerprint density at radius 1 is 1.67 bits per heavy atom. The molecule has 0 bridgehead atoms. The first-order chi connectivity index (χ1) is 4.18. The van der Waals surface area contributed by atoms with Gasteiger partial charge in [0, 0.05) is 13.6 Å². The predicted octanol–water partition coefficient (Wildman–Crippen LogP) is 2.08. The van der Waals surface area contributed by atoms with Gasteiger partial charge < -0.3 is 4.90 Å². The second kappa shape index (κ2) is 4.62. The molecular weight excluding hydrogens is 138 g/mol. The summed E-state index contributed by atoms with van der Waals surface area (Å²) in [6, 6.07) is 0. The molecule has 0 N–H and O–H groups in total. The molecular formula is C6H12ClNO. The highest BCUT2D eigenvalue weighted by atomic mass is 35.5. The average molecular weight is 150 g/mol. The van der Waals surface area contributed by atoms with Gasteiger partial charge in [-0.05, 0) is 18.0 Å². The molecule has 0 saturated carbocycles. The number of carbonyl (C=O) groups is 1. The highest BCUT2D eigenvalue weighted by Gasteiger charge is 2.00. The van der Waals surface area contributed by atoms with E-state index in [0.717, 1.165) is 19.4 Å². The van der Waals surface area contributed by atoms with Gasteiger partial charge in [0.15, 0.2) is 0 Å². The topological polar surface area (TPSA) is 20.3 Å². The van der Waals surface area contributed by atoms with Crippen molar-refractivity contribution in [1.29, 1.82) is 0 Å². The summed E-state index contributed by atoms with van der Waals surface area (Å²) in [5.74, 6) is 0. The Hall–Kier alpha value is -0.240. The van der Waals surface area contributed by atoms with E-state index in [1.54, 1.807) is 7.05 Å². The minimum atomic E-state index is -0.372. The smallest absolute Gasteiger partial charge is 0.316 e. The summed E-state index contributed by atoms with van der Waals surface area (Å²) in [6.45, 7) is 2.84. The van der Waals surface area contributed by atoms with Crippen LogP contribution in [0.2, 0.25) is 0 Å². The van der Waals surface area contributed by atoms with Crippen LogP contribution in [0.25, 0.3) is 0 Å². The van der Waals surface area contributed by atoms with Crippen molar-refractivity contribution in [1.82, 2.24) is 4.90 Å². The molecule has 0 spiro atoms. The first-order valence-electron chi connectivity index (χ1n) is 3.09. The van der Waals surface area contributed by atoms with E-state index in [0.29, 0.717) is 0 Å². The standard InChI is InChI=1S/C6H12ClNO/c1-3-4-5-8(2)6(7)9/h3-5H2,1-2H3. The van der Waals surface area contributed by atoms with Crippen LogP contribution in [0.1, 0.15) is 19.8 Å². The molecule has 0 fully saturated rings. The lowest BCUT2D eigenvalue weighted by Crippen LogP contribution is -2.21. The predicted molar refractivity (Wildman–Crippen MR) is 38.8 cm³/mol. The summed E-state index contributed by atoms with van der Waals surface area (Å²) in [4.78, 5) is 11.8. The van der Waals surface area contributed by atoms with Gasteiger partial charge in [-0.3, -0.25) is 4.79 Å². The Labute approximate surface area is 60.8 Å². The minimum Gasteiger partial charge on any atom is -0.332 e. The van der Waals surface area contributed by atoms with Gasteiger partial charge in [-0.25, -0.2) is 0 Å². The molecule has 0 saturated heterocycles. The lowest BCUT2D eigenvalue weighted by atomic mass is 10.3. The summed E-state index contributed by atoms with van der Waals surface area (Å²) in [5.41, 5.74) is 0. The Morgan fingerprint density at radius 3 is 2.56 bits per heavy atom. The monoisotopic (exact) mass is 149 g/mol. The molecule has 0 aliphatic heterocycles. The van der Waals surface area contributed by atoms with E-state index in [1.807, 2.05) is 0 Å². The number of rotatable bonds is 3. The third kappa shape index (κ3) is 4.28. The van der Waals surface area contributed by atoms with Crippen molar-refractivity contribution in [2.45, 2.75) is 19.8 Å². The number of carbonyl (C=O) groups excluding carboxylic acids is 1. The minimum absolute atomic E-state index is 0.372. The van der Waals surface area contributed by atoms with E-state index in [9.17, 15) is 4.79 Å². The molecule has 9 heavy (non-hydrogen) atoms. The van der Waals surface area contributed by atoms with Crippen LogP contribution < -0.4 is 0 Å². The van der Waals surface area contributed by atoms with Crippen molar-refractivity contribution in [3.8, 4) is 0 Å². The fourth-order valence-corrected chi connectivity index (χ4v) is 0.568. The fourth-order valence-electron chi connectivity index (χ4n) is 0.483. The number of amides is 1. The van der Waals surface area contributed by atoms with Gasteiger partial charge in [-0.1, -0.05) is 13.3 Å². The Bertz CT molecular complexity index is 95.1. The Balaban J connectivity index is 3.27. The molecule has 1 amide bonds. The second-order valence-corrected chi connectivity index (χ2v) is 2.35. The van der Waals surface area contributed by atoms with Gasteiger partial charge in [-0.2, -0.15) is 0 Å². The first-order valence-corrected chi connectivity index (χ1v) is 3.47. The van der Waals surface area contributed by atoms with Gasteiger partial charge >= 0.3 is 5.37 Å². The first kappa shape index (κ1) is 8.76. The molecule has 0 aliphatic carbocycles. The molecule has 0 rings (SSSR count). The SMILES string of the molecule is CCCCN(C)C(=O)Cl. The van der Waals surface area contributed by atoms with Crippen LogP contribution in [-0.2, 0) is 0 Å². The fraction of sp³-hybridized carbons (Fsp3) is 0.833. The van der Waals surface area contributed by atoms with Crippen molar-refractivity contribution < 1.29 is 4.79 Å². The third-order valence-electron chi connectivity index (χ3n) is 1.15. The van der Waals surface area contributed by atoms with Crippen molar-refractivity contribution in [2.75, 3.05) is 13.6 Å². The normalized spacial score (nSPS) is 9.22. The Morgan fingerprint density at radius 2 is 2.22 bits per heavy atom. The van der Waals surface area contributed by atoms with Gasteiger partial charge in [0.25, 0.3) is 0 Å². The molecule has 0 aromatic carbocycles. The summed E-state index contributed by atoms with van der Waals surface area (Å²) < 4.78 is 0. The maximum absolute atomic E-state index is 10.3. The van der Waals surface area contributed by atoms with E-state index in [1.165, 1.54) is 4.90 Å². The largest absolute Gasteiger partial charge is 0.332 e. The zero-order chi connectivity index (χ0) is 7.28. The quantitative estimate of drug-likeness (QED) is 0.445. The average Bonchev–Trinajstić information content (AvgIpc) is 1.82. The lowest BCUT2D eigenvalue weighted by molar-refractivity contribution is 0.231. The highest BCUT2D eigenvalue weighted by Crippen LogP contribution is 1.95. The Kier molecular flexibility index (Phi) is 4.50. The number of unbranched alkanes of at least 4 members (excludes halogenated alkanes) is 1. The maximum Gasteiger partial charge on any atom is 0.316 e. The van der Waals surface area contributed by atoms with E-state index in [-0.39, 0.29) is 5.37 Å². The summed E-state index contributed by atoms with van der Waals surface area (Å²) in [7, 11) is 1.70. The zero-order valence-electron chi connectivity index (χ0n) is 5.85. The molecule has 3 heteroatoms. The lowest BCUT2D eigenvalue weighted by Gasteiger charge is -2.10.